The van der Waals surface area contributed by atoms with Gasteiger partial charge in [-0.05, 0) is 13.8 Å². The van der Waals surface area contributed by atoms with Crippen molar-refractivity contribution in [3.63, 3.8) is 0 Å². The molecular formula is C12H19N5O4S. The standard InChI is InChI=1S/C12H19N5O4S/c1-4-20-9(21-5-2)7-17-6-8-10(13)14-12(22(3,18)19)15-11(8)16-17/h6,9H,4-5,7H2,1-3H3,(H2,13,14,15,16). The Hall–Kier alpha value is -1.78. The Bertz CT molecular complexity index is 752. The first-order valence-corrected chi connectivity index (χ1v) is 8.68. The molecule has 2 N–H and O–H groups in total. The molecule has 0 atom stereocenters. The summed E-state index contributed by atoms with van der Waals surface area (Å²) in [5, 5.41) is 4.36. The molecule has 2 rings (SSSR count). The van der Waals surface area contributed by atoms with E-state index in [1.54, 1.807) is 10.9 Å². The first-order chi connectivity index (χ1) is 10.3. The molecule has 10 heteroatoms. The highest BCUT2D eigenvalue weighted by Gasteiger charge is 2.18. The molecule has 2 heterocycles. The van der Waals surface area contributed by atoms with Crippen LogP contribution in [-0.4, -0.2) is 53.9 Å². The summed E-state index contributed by atoms with van der Waals surface area (Å²) in [6.07, 6.45) is 2.21. The van der Waals surface area contributed by atoms with Gasteiger partial charge in [0.15, 0.2) is 11.9 Å². The van der Waals surface area contributed by atoms with Gasteiger partial charge in [-0.15, -0.1) is 0 Å². The molecule has 0 aliphatic heterocycles. The van der Waals surface area contributed by atoms with Gasteiger partial charge < -0.3 is 15.2 Å². The van der Waals surface area contributed by atoms with Gasteiger partial charge in [-0.25, -0.2) is 13.4 Å². The van der Waals surface area contributed by atoms with Crippen molar-refractivity contribution in [1.29, 1.82) is 0 Å². The summed E-state index contributed by atoms with van der Waals surface area (Å²) in [6, 6.07) is 0. The minimum absolute atomic E-state index is 0.0704. The normalized spacial score (nSPS) is 12.4. The molecule has 0 saturated heterocycles. The fraction of sp³-hybridized carbons (Fsp3) is 0.583. The van der Waals surface area contributed by atoms with Crippen molar-refractivity contribution in [2.75, 3.05) is 25.2 Å². The molecule has 0 aliphatic rings. The number of anilines is 1. The lowest BCUT2D eigenvalue weighted by Gasteiger charge is -2.16. The predicted molar refractivity (Wildman–Crippen MR) is 79.9 cm³/mol. The lowest BCUT2D eigenvalue weighted by atomic mass is 10.4. The van der Waals surface area contributed by atoms with Crippen molar-refractivity contribution in [1.82, 2.24) is 19.7 Å². The molecule has 22 heavy (non-hydrogen) atoms. The molecule has 0 saturated carbocycles. The average molecular weight is 329 g/mol. The second-order valence-electron chi connectivity index (χ2n) is 4.59. The first-order valence-electron chi connectivity index (χ1n) is 6.79. The van der Waals surface area contributed by atoms with Gasteiger partial charge in [0.05, 0.1) is 11.9 Å². The number of hydrogen-bond donors (Lipinski definition) is 1. The number of sulfone groups is 1. The molecule has 2 aromatic rings. The smallest absolute Gasteiger partial charge is 0.250 e. The summed E-state index contributed by atoms with van der Waals surface area (Å²) in [7, 11) is -3.55. The molecule has 0 fully saturated rings. The molecule has 2 aromatic heterocycles. The number of aromatic nitrogens is 4. The van der Waals surface area contributed by atoms with Crippen molar-refractivity contribution in [3.8, 4) is 0 Å². The minimum atomic E-state index is -3.55. The van der Waals surface area contributed by atoms with E-state index in [1.807, 2.05) is 13.8 Å². The predicted octanol–water partition coefficient (Wildman–Crippen LogP) is 0.211. The number of nitrogen functional groups attached to an aromatic ring is 1. The van der Waals surface area contributed by atoms with Gasteiger partial charge in [0, 0.05) is 25.7 Å². The summed E-state index contributed by atoms with van der Waals surface area (Å²) in [5.74, 6) is 0.0704. The lowest BCUT2D eigenvalue weighted by molar-refractivity contribution is -0.144. The van der Waals surface area contributed by atoms with Crippen LogP contribution in [0.2, 0.25) is 0 Å². The van der Waals surface area contributed by atoms with Crippen LogP contribution in [0.5, 0.6) is 0 Å². The summed E-state index contributed by atoms with van der Waals surface area (Å²) in [6.45, 7) is 5.09. The molecule has 9 nitrogen and oxygen atoms in total. The Morgan fingerprint density at radius 2 is 1.91 bits per heavy atom. The Morgan fingerprint density at radius 3 is 2.45 bits per heavy atom. The maximum atomic E-state index is 11.5. The van der Waals surface area contributed by atoms with Crippen molar-refractivity contribution in [2.45, 2.75) is 31.8 Å². The van der Waals surface area contributed by atoms with Crippen LogP contribution in [0.1, 0.15) is 13.8 Å². The van der Waals surface area contributed by atoms with E-state index < -0.39 is 16.1 Å². The number of hydrogen-bond acceptors (Lipinski definition) is 8. The van der Waals surface area contributed by atoms with Crippen LogP contribution in [0.15, 0.2) is 11.4 Å². The van der Waals surface area contributed by atoms with Gasteiger partial charge in [0.1, 0.15) is 5.82 Å². The van der Waals surface area contributed by atoms with Crippen LogP contribution in [0.3, 0.4) is 0 Å². The van der Waals surface area contributed by atoms with Crippen molar-refractivity contribution in [3.05, 3.63) is 6.20 Å². The zero-order chi connectivity index (χ0) is 16.3. The zero-order valence-electron chi connectivity index (χ0n) is 12.7. The quantitative estimate of drug-likeness (QED) is 0.565. The van der Waals surface area contributed by atoms with Crippen LogP contribution in [0.25, 0.3) is 11.0 Å². The van der Waals surface area contributed by atoms with Crippen LogP contribution in [0, 0.1) is 0 Å². The van der Waals surface area contributed by atoms with Gasteiger partial charge in [-0.1, -0.05) is 0 Å². The third-order valence-electron chi connectivity index (χ3n) is 2.81. The van der Waals surface area contributed by atoms with E-state index >= 15 is 0 Å². The van der Waals surface area contributed by atoms with Crippen molar-refractivity contribution >= 4 is 26.7 Å². The highest BCUT2D eigenvalue weighted by atomic mass is 32.2. The van der Waals surface area contributed by atoms with E-state index in [9.17, 15) is 8.42 Å². The fourth-order valence-corrected chi connectivity index (χ4v) is 2.41. The minimum Gasteiger partial charge on any atom is -0.383 e. The molecule has 0 aliphatic carbocycles. The van der Waals surface area contributed by atoms with Gasteiger partial charge >= 0.3 is 0 Å². The maximum absolute atomic E-state index is 11.5. The molecule has 0 bridgehead atoms. The van der Waals surface area contributed by atoms with Crippen LogP contribution in [-0.2, 0) is 25.9 Å². The molecule has 0 spiro atoms. The van der Waals surface area contributed by atoms with E-state index in [1.165, 1.54) is 0 Å². The Kier molecular flexibility index (Phi) is 4.94. The largest absolute Gasteiger partial charge is 0.383 e. The van der Waals surface area contributed by atoms with Crippen molar-refractivity contribution < 1.29 is 17.9 Å². The summed E-state index contributed by atoms with van der Waals surface area (Å²) in [5.41, 5.74) is 6.01. The van der Waals surface area contributed by atoms with Crippen LogP contribution >= 0.6 is 0 Å². The van der Waals surface area contributed by atoms with Crippen LogP contribution < -0.4 is 5.73 Å². The number of nitrogens with zero attached hydrogens (tertiary/aromatic N) is 4. The second kappa shape index (κ2) is 6.55. The van der Waals surface area contributed by atoms with E-state index in [2.05, 4.69) is 15.1 Å². The zero-order valence-corrected chi connectivity index (χ0v) is 13.5. The summed E-state index contributed by atoms with van der Waals surface area (Å²) in [4.78, 5) is 7.74. The summed E-state index contributed by atoms with van der Waals surface area (Å²) >= 11 is 0. The monoisotopic (exact) mass is 329 g/mol. The molecule has 0 radical (unpaired) electrons. The van der Waals surface area contributed by atoms with Crippen LogP contribution in [0.4, 0.5) is 5.82 Å². The average Bonchev–Trinajstić information content (AvgIpc) is 2.81. The van der Waals surface area contributed by atoms with E-state index in [0.29, 0.717) is 25.1 Å². The molecule has 0 aromatic carbocycles. The van der Waals surface area contributed by atoms with Crippen molar-refractivity contribution in [2.24, 2.45) is 0 Å². The lowest BCUT2D eigenvalue weighted by Crippen LogP contribution is -2.23. The molecule has 0 unspecified atom stereocenters. The highest BCUT2D eigenvalue weighted by molar-refractivity contribution is 7.90. The second-order valence-corrected chi connectivity index (χ2v) is 6.50. The van der Waals surface area contributed by atoms with E-state index in [4.69, 9.17) is 15.2 Å². The van der Waals surface area contributed by atoms with E-state index in [-0.39, 0.29) is 16.6 Å². The number of nitrogens with two attached hydrogens (primary N) is 1. The van der Waals surface area contributed by atoms with Gasteiger partial charge in [-0.2, -0.15) is 10.1 Å². The topological polar surface area (TPSA) is 122 Å². The Balaban J connectivity index is 2.35. The van der Waals surface area contributed by atoms with E-state index in [0.717, 1.165) is 6.26 Å². The number of ether oxygens (including phenoxy) is 2. The molecule has 0 amide bonds. The van der Waals surface area contributed by atoms with Gasteiger partial charge in [0.25, 0.3) is 5.16 Å². The SMILES string of the molecule is CCOC(Cn1cc2c(N)nc(S(C)(=O)=O)nc2n1)OCC. The fourth-order valence-electron chi connectivity index (χ4n) is 1.89. The summed E-state index contributed by atoms with van der Waals surface area (Å²) < 4.78 is 35.5. The van der Waals surface area contributed by atoms with Gasteiger partial charge in [0.2, 0.25) is 9.84 Å². The maximum Gasteiger partial charge on any atom is 0.250 e. The molecule has 122 valence electrons. The van der Waals surface area contributed by atoms with Gasteiger partial charge in [-0.3, -0.25) is 4.68 Å². The first kappa shape index (κ1) is 16.6. The Labute approximate surface area is 128 Å². The highest BCUT2D eigenvalue weighted by Crippen LogP contribution is 2.18. The third-order valence-corrected chi connectivity index (χ3v) is 3.65. The third kappa shape index (κ3) is 3.70. The number of rotatable bonds is 7. The Morgan fingerprint density at radius 1 is 1.27 bits per heavy atom. The molecular weight excluding hydrogens is 310 g/mol. The number of fused-ring (bicyclic) bond motifs is 1.